The molecule has 2 heterocycles. The molecule has 1 saturated carbocycles. The first-order valence-electron chi connectivity index (χ1n) is 9.31. The fourth-order valence-corrected chi connectivity index (χ4v) is 5.23. The average molecular weight is 359 g/mol. The highest BCUT2D eigenvalue weighted by Crippen LogP contribution is 2.57. The van der Waals surface area contributed by atoms with Gasteiger partial charge in [-0.3, -0.25) is 9.59 Å². The van der Waals surface area contributed by atoms with Crippen molar-refractivity contribution in [1.29, 1.82) is 0 Å². The summed E-state index contributed by atoms with van der Waals surface area (Å²) in [5.74, 6) is 0.679. The third-order valence-electron chi connectivity index (χ3n) is 6.29. The Morgan fingerprint density at radius 2 is 2.00 bits per heavy atom. The molecule has 4 rings (SSSR count). The molecule has 2 aliphatic carbocycles. The van der Waals surface area contributed by atoms with Gasteiger partial charge in [-0.05, 0) is 59.9 Å². The van der Waals surface area contributed by atoms with E-state index in [4.69, 9.17) is 0 Å². The van der Waals surface area contributed by atoms with E-state index < -0.39 is 0 Å². The van der Waals surface area contributed by atoms with Crippen LogP contribution in [-0.2, 0) is 16.1 Å². The maximum atomic E-state index is 12.6. The average Bonchev–Trinajstić information content (AvgIpc) is 3.07. The van der Waals surface area contributed by atoms with Crippen molar-refractivity contribution in [2.24, 2.45) is 11.3 Å². The van der Waals surface area contributed by atoms with Gasteiger partial charge in [0.25, 0.3) is 0 Å². The van der Waals surface area contributed by atoms with Gasteiger partial charge in [-0.15, -0.1) is 0 Å². The van der Waals surface area contributed by atoms with E-state index in [1.807, 2.05) is 0 Å². The van der Waals surface area contributed by atoms with E-state index in [9.17, 15) is 9.59 Å². The van der Waals surface area contributed by atoms with Crippen LogP contribution in [0.25, 0.3) is 0 Å². The van der Waals surface area contributed by atoms with Crippen LogP contribution >= 0.6 is 11.3 Å². The number of piperidine rings is 1. The number of allylic oxidation sites excluding steroid dienone is 2. The quantitative estimate of drug-likeness (QED) is 0.774. The zero-order valence-corrected chi connectivity index (χ0v) is 15.6. The summed E-state index contributed by atoms with van der Waals surface area (Å²) in [5.41, 5.74) is 1.48. The first-order chi connectivity index (χ1) is 12.1. The number of amides is 2. The number of carbonyl (C=O) groups is 2. The van der Waals surface area contributed by atoms with Gasteiger partial charge < -0.3 is 9.80 Å². The molecule has 0 unspecified atom stereocenters. The molecule has 2 fully saturated rings. The second-order valence-electron chi connectivity index (χ2n) is 7.83. The first-order valence-corrected chi connectivity index (χ1v) is 10.3. The van der Waals surface area contributed by atoms with Gasteiger partial charge in [0.05, 0.1) is 0 Å². The van der Waals surface area contributed by atoms with Gasteiger partial charge in [0, 0.05) is 38.5 Å². The number of nitrogens with zero attached hydrogens (tertiary/aromatic N) is 2. The summed E-state index contributed by atoms with van der Waals surface area (Å²) in [6.07, 6.45) is 9.24. The topological polar surface area (TPSA) is 40.6 Å². The predicted molar refractivity (Wildman–Crippen MR) is 99.1 cm³/mol. The zero-order chi connectivity index (χ0) is 17.4. The van der Waals surface area contributed by atoms with Crippen molar-refractivity contribution in [2.75, 3.05) is 13.1 Å². The monoisotopic (exact) mass is 358 g/mol. The largest absolute Gasteiger partial charge is 0.342 e. The van der Waals surface area contributed by atoms with Gasteiger partial charge in [0.1, 0.15) is 0 Å². The van der Waals surface area contributed by atoms with E-state index in [0.717, 1.165) is 51.7 Å². The second-order valence-corrected chi connectivity index (χ2v) is 8.61. The van der Waals surface area contributed by atoms with Crippen LogP contribution in [0.4, 0.5) is 0 Å². The van der Waals surface area contributed by atoms with Gasteiger partial charge in [0.15, 0.2) is 0 Å². The first kappa shape index (κ1) is 16.8. The minimum absolute atomic E-state index is 0.170. The lowest BCUT2D eigenvalue weighted by molar-refractivity contribution is -0.137. The molecule has 1 spiro atoms. The van der Waals surface area contributed by atoms with Crippen LogP contribution in [0, 0.1) is 11.3 Å². The summed E-state index contributed by atoms with van der Waals surface area (Å²) in [4.78, 5) is 28.9. The molecule has 1 saturated heterocycles. The van der Waals surface area contributed by atoms with E-state index in [2.05, 4.69) is 38.8 Å². The van der Waals surface area contributed by atoms with Crippen molar-refractivity contribution in [3.05, 3.63) is 34.5 Å². The van der Waals surface area contributed by atoms with E-state index in [-0.39, 0.29) is 17.2 Å². The van der Waals surface area contributed by atoms with Crippen molar-refractivity contribution in [1.82, 2.24) is 9.80 Å². The molecule has 0 bridgehead atoms. The molecule has 1 aromatic rings. The number of hydrogen-bond acceptors (Lipinski definition) is 3. The SMILES string of the molecule is CC(=O)N(Cc1ccsc1)[C@H]1CC12CCN(C(=O)C1CC=CC1)CC2. The van der Waals surface area contributed by atoms with Crippen molar-refractivity contribution in [3.8, 4) is 0 Å². The summed E-state index contributed by atoms with van der Waals surface area (Å²) < 4.78 is 0. The minimum Gasteiger partial charge on any atom is -0.342 e. The highest BCUT2D eigenvalue weighted by Gasteiger charge is 2.58. The number of hydrogen-bond donors (Lipinski definition) is 0. The maximum Gasteiger partial charge on any atom is 0.226 e. The van der Waals surface area contributed by atoms with Crippen LogP contribution in [0.3, 0.4) is 0 Å². The molecule has 4 nitrogen and oxygen atoms in total. The molecule has 1 aliphatic heterocycles. The summed E-state index contributed by atoms with van der Waals surface area (Å²) in [7, 11) is 0. The van der Waals surface area contributed by atoms with E-state index in [0.29, 0.717) is 11.9 Å². The lowest BCUT2D eigenvalue weighted by Crippen LogP contribution is -2.44. The molecule has 0 radical (unpaired) electrons. The van der Waals surface area contributed by atoms with Gasteiger partial charge >= 0.3 is 0 Å². The lowest BCUT2D eigenvalue weighted by Gasteiger charge is -2.36. The normalized spacial score (nSPS) is 24.7. The Bertz CT molecular complexity index is 666. The third-order valence-corrected chi connectivity index (χ3v) is 7.02. The standard InChI is InChI=1S/C20H26N2O2S/c1-15(23)22(13-16-6-11-25-14-16)18-12-20(18)7-9-21(10-8-20)19(24)17-4-2-3-5-17/h2-3,6,11,14,17-18H,4-5,7-10,12-13H2,1H3/t18-/m0/s1. The molecule has 1 atom stereocenters. The molecule has 2 amide bonds. The van der Waals surface area contributed by atoms with E-state index >= 15 is 0 Å². The Labute approximate surface area is 153 Å². The Morgan fingerprint density at radius 3 is 2.60 bits per heavy atom. The molecule has 134 valence electrons. The fraction of sp³-hybridized carbons (Fsp3) is 0.600. The van der Waals surface area contributed by atoms with E-state index in [1.54, 1.807) is 18.3 Å². The van der Waals surface area contributed by atoms with Crippen LogP contribution in [0.2, 0.25) is 0 Å². The van der Waals surface area contributed by atoms with Crippen LogP contribution in [0.5, 0.6) is 0 Å². The van der Waals surface area contributed by atoms with Crippen molar-refractivity contribution >= 4 is 23.2 Å². The molecule has 5 heteroatoms. The summed E-state index contributed by atoms with van der Waals surface area (Å²) in [5, 5.41) is 4.19. The molecule has 0 N–H and O–H groups in total. The van der Waals surface area contributed by atoms with Gasteiger partial charge in [0.2, 0.25) is 11.8 Å². The van der Waals surface area contributed by atoms with Crippen molar-refractivity contribution in [2.45, 2.75) is 51.6 Å². The maximum absolute atomic E-state index is 12.6. The molecular formula is C20H26N2O2S. The highest BCUT2D eigenvalue weighted by atomic mass is 32.1. The van der Waals surface area contributed by atoms with Gasteiger partial charge in [-0.2, -0.15) is 11.3 Å². The molecule has 3 aliphatic rings. The smallest absolute Gasteiger partial charge is 0.226 e. The van der Waals surface area contributed by atoms with Crippen LogP contribution in [-0.4, -0.2) is 40.7 Å². The zero-order valence-electron chi connectivity index (χ0n) is 14.8. The van der Waals surface area contributed by atoms with Crippen LogP contribution in [0.1, 0.15) is 44.6 Å². The summed E-state index contributed by atoms with van der Waals surface area (Å²) >= 11 is 1.68. The van der Waals surface area contributed by atoms with E-state index in [1.165, 1.54) is 5.56 Å². The Balaban J connectivity index is 1.35. The van der Waals surface area contributed by atoms with Crippen molar-refractivity contribution < 1.29 is 9.59 Å². The molecule has 1 aromatic heterocycles. The minimum atomic E-state index is 0.170. The third kappa shape index (κ3) is 3.26. The highest BCUT2D eigenvalue weighted by molar-refractivity contribution is 7.07. The summed E-state index contributed by atoms with van der Waals surface area (Å²) in [6.45, 7) is 4.12. The van der Waals surface area contributed by atoms with Gasteiger partial charge in [-0.25, -0.2) is 0 Å². The molecular weight excluding hydrogens is 332 g/mol. The number of likely N-dealkylation sites (tertiary alicyclic amines) is 1. The Hall–Kier alpha value is -1.62. The Morgan fingerprint density at radius 1 is 1.28 bits per heavy atom. The second kappa shape index (κ2) is 6.60. The fourth-order valence-electron chi connectivity index (χ4n) is 4.57. The number of thiophene rings is 1. The number of carbonyl (C=O) groups excluding carboxylic acids is 2. The molecule has 0 aromatic carbocycles. The predicted octanol–water partition coefficient (Wildman–Crippen LogP) is 3.44. The molecule has 25 heavy (non-hydrogen) atoms. The lowest BCUT2D eigenvalue weighted by atomic mass is 9.91. The Kier molecular flexibility index (Phi) is 4.44. The van der Waals surface area contributed by atoms with Crippen LogP contribution in [0.15, 0.2) is 29.0 Å². The summed E-state index contributed by atoms with van der Waals surface area (Å²) in [6, 6.07) is 2.46. The van der Waals surface area contributed by atoms with Gasteiger partial charge in [-0.1, -0.05) is 12.2 Å². The number of rotatable bonds is 4. The van der Waals surface area contributed by atoms with Crippen molar-refractivity contribution in [3.63, 3.8) is 0 Å². The van der Waals surface area contributed by atoms with Crippen LogP contribution < -0.4 is 0 Å².